The van der Waals surface area contributed by atoms with Crippen LogP contribution >= 0.6 is 15.9 Å². The zero-order valence-electron chi connectivity index (χ0n) is 10.6. The van der Waals surface area contributed by atoms with Gasteiger partial charge in [-0.25, -0.2) is 4.39 Å². The van der Waals surface area contributed by atoms with Gasteiger partial charge in [-0.1, -0.05) is 12.1 Å². The minimum Gasteiger partial charge on any atom is -0.285 e. The van der Waals surface area contributed by atoms with Gasteiger partial charge in [-0.15, -0.1) is 10.2 Å². The van der Waals surface area contributed by atoms with E-state index in [1.807, 2.05) is 28.8 Å². The molecule has 0 saturated heterocycles. The Bertz CT molecular complexity index is 808. The predicted molar refractivity (Wildman–Crippen MR) is 77.1 cm³/mol. The summed E-state index contributed by atoms with van der Waals surface area (Å²) < 4.78 is 16.5. The molecule has 1 aliphatic carbocycles. The van der Waals surface area contributed by atoms with Crippen molar-refractivity contribution >= 4 is 21.6 Å². The Morgan fingerprint density at radius 2 is 2.00 bits per heavy atom. The number of rotatable bonds is 2. The number of halogens is 2. The molecule has 1 aromatic carbocycles. The second-order valence-electron chi connectivity index (χ2n) is 5.19. The Kier molecular flexibility index (Phi) is 2.48. The minimum absolute atomic E-state index is 0.192. The maximum Gasteiger partial charge on any atom is 0.160 e. The average molecular weight is 332 g/mol. The molecule has 1 fully saturated rings. The molecular formula is C15H11BrFN3. The highest BCUT2D eigenvalue weighted by molar-refractivity contribution is 9.10. The molecule has 4 rings (SSSR count). The van der Waals surface area contributed by atoms with Crippen LogP contribution in [0.15, 0.2) is 47.1 Å². The van der Waals surface area contributed by atoms with Gasteiger partial charge in [0.25, 0.3) is 0 Å². The van der Waals surface area contributed by atoms with Crippen molar-refractivity contribution in [3.8, 4) is 0 Å². The lowest BCUT2D eigenvalue weighted by molar-refractivity contribution is 0.620. The van der Waals surface area contributed by atoms with Crippen molar-refractivity contribution in [3.63, 3.8) is 0 Å². The van der Waals surface area contributed by atoms with E-state index in [1.54, 1.807) is 12.1 Å². The van der Waals surface area contributed by atoms with Crippen LogP contribution in [-0.2, 0) is 5.41 Å². The normalized spacial score (nSPS) is 16.5. The van der Waals surface area contributed by atoms with E-state index in [2.05, 4.69) is 26.1 Å². The maximum atomic E-state index is 13.5. The van der Waals surface area contributed by atoms with Gasteiger partial charge in [0.05, 0.1) is 5.41 Å². The van der Waals surface area contributed by atoms with Crippen LogP contribution in [0.3, 0.4) is 0 Å². The van der Waals surface area contributed by atoms with Gasteiger partial charge >= 0.3 is 0 Å². The Hall–Kier alpha value is -1.75. The summed E-state index contributed by atoms with van der Waals surface area (Å²) in [6.07, 6.45) is 3.91. The van der Waals surface area contributed by atoms with Crippen LogP contribution in [0.2, 0.25) is 0 Å². The quantitative estimate of drug-likeness (QED) is 0.716. The summed E-state index contributed by atoms with van der Waals surface area (Å²) in [6.45, 7) is 0. The number of fused-ring (bicyclic) bond motifs is 1. The molecule has 3 nitrogen and oxygen atoms in total. The van der Waals surface area contributed by atoms with Crippen LogP contribution in [0.1, 0.15) is 24.2 Å². The summed E-state index contributed by atoms with van der Waals surface area (Å²) >= 11 is 3.47. The molecule has 100 valence electrons. The molecule has 0 radical (unpaired) electrons. The summed E-state index contributed by atoms with van der Waals surface area (Å²) in [4.78, 5) is 0. The highest BCUT2D eigenvalue weighted by Crippen LogP contribution is 2.52. The molecule has 0 aliphatic heterocycles. The van der Waals surface area contributed by atoms with Crippen LogP contribution in [0, 0.1) is 5.82 Å². The number of aromatic nitrogens is 3. The first-order valence-corrected chi connectivity index (χ1v) is 7.25. The molecular weight excluding hydrogens is 321 g/mol. The smallest absolute Gasteiger partial charge is 0.160 e. The van der Waals surface area contributed by atoms with E-state index >= 15 is 0 Å². The summed E-state index contributed by atoms with van der Waals surface area (Å²) in [5, 5.41) is 8.56. The molecule has 2 heterocycles. The third-order valence-electron chi connectivity index (χ3n) is 3.92. The van der Waals surface area contributed by atoms with Crippen molar-refractivity contribution in [2.24, 2.45) is 0 Å². The van der Waals surface area contributed by atoms with Crippen molar-refractivity contribution in [2.75, 3.05) is 0 Å². The van der Waals surface area contributed by atoms with Crippen LogP contribution in [-0.4, -0.2) is 14.6 Å². The van der Waals surface area contributed by atoms with E-state index in [4.69, 9.17) is 0 Å². The van der Waals surface area contributed by atoms with Gasteiger partial charge in [-0.2, -0.15) is 0 Å². The van der Waals surface area contributed by atoms with Crippen molar-refractivity contribution < 1.29 is 4.39 Å². The average Bonchev–Trinajstić information content (AvgIpc) is 3.14. The van der Waals surface area contributed by atoms with Crippen LogP contribution in [0.4, 0.5) is 4.39 Å². The summed E-state index contributed by atoms with van der Waals surface area (Å²) in [6, 6.07) is 10.7. The SMILES string of the molecule is Fc1cccc(C2(c3nnc4ccc(Br)cn34)CC2)c1. The van der Waals surface area contributed by atoms with Gasteiger partial charge in [-0.05, 0) is 58.6 Å². The number of hydrogen-bond donors (Lipinski definition) is 0. The first-order chi connectivity index (χ1) is 9.69. The van der Waals surface area contributed by atoms with E-state index in [0.717, 1.165) is 34.3 Å². The molecule has 20 heavy (non-hydrogen) atoms. The fourth-order valence-corrected chi connectivity index (χ4v) is 3.08. The zero-order chi connectivity index (χ0) is 13.7. The van der Waals surface area contributed by atoms with Crippen molar-refractivity contribution in [1.29, 1.82) is 0 Å². The van der Waals surface area contributed by atoms with E-state index < -0.39 is 0 Å². The zero-order valence-corrected chi connectivity index (χ0v) is 12.1. The molecule has 1 saturated carbocycles. The first kappa shape index (κ1) is 12.0. The van der Waals surface area contributed by atoms with E-state index in [1.165, 1.54) is 6.07 Å². The Balaban J connectivity index is 1.92. The van der Waals surface area contributed by atoms with E-state index in [9.17, 15) is 4.39 Å². The van der Waals surface area contributed by atoms with Crippen molar-refractivity contribution in [1.82, 2.24) is 14.6 Å². The van der Waals surface area contributed by atoms with Crippen molar-refractivity contribution in [2.45, 2.75) is 18.3 Å². The van der Waals surface area contributed by atoms with Gasteiger partial charge in [-0.3, -0.25) is 4.40 Å². The van der Waals surface area contributed by atoms with Gasteiger partial charge in [0, 0.05) is 10.7 Å². The molecule has 0 bridgehead atoms. The summed E-state index contributed by atoms with van der Waals surface area (Å²) in [5.41, 5.74) is 1.60. The van der Waals surface area contributed by atoms with Crippen LogP contribution < -0.4 is 0 Å². The van der Waals surface area contributed by atoms with Crippen molar-refractivity contribution in [3.05, 3.63) is 64.3 Å². The second-order valence-corrected chi connectivity index (χ2v) is 6.11. The predicted octanol–water partition coefficient (Wildman–Crippen LogP) is 3.71. The minimum atomic E-state index is -0.205. The highest BCUT2D eigenvalue weighted by atomic mass is 79.9. The lowest BCUT2D eigenvalue weighted by Crippen LogP contribution is -2.13. The molecule has 2 aromatic heterocycles. The lowest BCUT2D eigenvalue weighted by Gasteiger charge is -2.14. The van der Waals surface area contributed by atoms with Gasteiger partial charge in [0.15, 0.2) is 5.65 Å². The lowest BCUT2D eigenvalue weighted by atomic mass is 9.95. The van der Waals surface area contributed by atoms with Crippen LogP contribution in [0.25, 0.3) is 5.65 Å². The molecule has 0 amide bonds. The summed E-state index contributed by atoms with van der Waals surface area (Å²) in [7, 11) is 0. The van der Waals surface area contributed by atoms with E-state index in [0.29, 0.717) is 0 Å². The number of benzene rings is 1. The fourth-order valence-electron chi connectivity index (χ4n) is 2.74. The molecule has 0 N–H and O–H groups in total. The molecule has 3 aromatic rings. The largest absolute Gasteiger partial charge is 0.285 e. The monoisotopic (exact) mass is 331 g/mol. The van der Waals surface area contributed by atoms with Gasteiger partial charge in [0.1, 0.15) is 11.6 Å². The molecule has 0 spiro atoms. The third-order valence-corrected chi connectivity index (χ3v) is 4.39. The molecule has 0 unspecified atom stereocenters. The van der Waals surface area contributed by atoms with Crippen LogP contribution in [0.5, 0.6) is 0 Å². The fraction of sp³-hybridized carbons (Fsp3) is 0.200. The molecule has 0 atom stereocenters. The third kappa shape index (κ3) is 1.69. The Morgan fingerprint density at radius 1 is 1.15 bits per heavy atom. The maximum absolute atomic E-state index is 13.5. The Morgan fingerprint density at radius 3 is 2.75 bits per heavy atom. The summed E-state index contributed by atoms with van der Waals surface area (Å²) in [5.74, 6) is 0.683. The molecule has 5 heteroatoms. The second kappa shape index (κ2) is 4.12. The Labute approximate surface area is 123 Å². The number of pyridine rings is 1. The van der Waals surface area contributed by atoms with Gasteiger partial charge in [0.2, 0.25) is 0 Å². The topological polar surface area (TPSA) is 30.2 Å². The van der Waals surface area contributed by atoms with Gasteiger partial charge < -0.3 is 0 Å². The standard InChI is InChI=1S/C15H11BrFN3/c16-11-4-5-13-18-19-14(20(13)9-11)15(6-7-15)10-2-1-3-12(17)8-10/h1-5,8-9H,6-7H2. The highest BCUT2D eigenvalue weighted by Gasteiger charge is 2.49. The van der Waals surface area contributed by atoms with E-state index in [-0.39, 0.29) is 11.2 Å². The number of hydrogen-bond acceptors (Lipinski definition) is 2. The molecule has 1 aliphatic rings. The first-order valence-electron chi connectivity index (χ1n) is 6.46. The number of nitrogens with zero attached hydrogens (tertiary/aromatic N) is 3.